The Morgan fingerprint density at radius 1 is 1.10 bits per heavy atom. The highest BCUT2D eigenvalue weighted by atomic mass is 16.7. The molecule has 0 atom stereocenters. The zero-order valence-electron chi connectivity index (χ0n) is 11.5. The van der Waals surface area contributed by atoms with E-state index in [0.717, 1.165) is 17.0 Å². The number of aromatic nitrogens is 4. The highest BCUT2D eigenvalue weighted by Gasteiger charge is 2.31. The molecule has 2 aromatic heterocycles. The molecule has 0 unspecified atom stereocenters. The minimum absolute atomic E-state index is 0.620. The van der Waals surface area contributed by atoms with Crippen molar-refractivity contribution in [2.24, 2.45) is 0 Å². The van der Waals surface area contributed by atoms with Crippen LogP contribution in [0.25, 0.3) is 11.2 Å². The minimum Gasteiger partial charge on any atom is -0.449 e. The summed E-state index contributed by atoms with van der Waals surface area (Å²) in [5, 5.41) is 3.23. The van der Waals surface area contributed by atoms with Crippen molar-refractivity contribution in [2.75, 3.05) is 5.32 Å². The number of nitrogens with zero attached hydrogens (tertiary/aromatic N) is 3. The van der Waals surface area contributed by atoms with Crippen molar-refractivity contribution in [1.82, 2.24) is 19.9 Å². The topological polar surface area (TPSA) is 85.0 Å². The van der Waals surface area contributed by atoms with E-state index in [-0.39, 0.29) is 0 Å². The summed E-state index contributed by atoms with van der Waals surface area (Å²) in [6.45, 7) is 3.75. The first kappa shape index (κ1) is 12.0. The molecule has 1 aliphatic rings. The number of hydrogen-bond acceptors (Lipinski definition) is 6. The lowest BCUT2D eigenvalue weighted by molar-refractivity contribution is -0.0431. The molecule has 1 aliphatic heterocycles. The van der Waals surface area contributed by atoms with Gasteiger partial charge in [-0.25, -0.2) is 15.0 Å². The van der Waals surface area contributed by atoms with Crippen LogP contribution in [0.1, 0.15) is 13.8 Å². The molecule has 2 N–H and O–H groups in total. The first-order valence-corrected chi connectivity index (χ1v) is 6.54. The van der Waals surface area contributed by atoms with Gasteiger partial charge in [0, 0.05) is 25.6 Å². The van der Waals surface area contributed by atoms with E-state index in [2.05, 4.69) is 25.3 Å². The maximum atomic E-state index is 5.73. The van der Waals surface area contributed by atoms with E-state index in [0.29, 0.717) is 17.2 Å². The van der Waals surface area contributed by atoms with Crippen molar-refractivity contribution >= 4 is 22.7 Å². The molecule has 7 heteroatoms. The van der Waals surface area contributed by atoms with Crippen LogP contribution >= 0.6 is 0 Å². The third kappa shape index (κ3) is 2.03. The normalized spacial score (nSPS) is 15.3. The third-order valence-corrected chi connectivity index (χ3v) is 3.14. The number of imidazole rings is 1. The number of H-pyrrole nitrogens is 1. The molecule has 21 heavy (non-hydrogen) atoms. The van der Waals surface area contributed by atoms with Gasteiger partial charge in [-0.3, -0.25) is 0 Å². The molecule has 0 aliphatic carbocycles. The highest BCUT2D eigenvalue weighted by molar-refractivity contribution is 5.84. The standard InChI is InChI=1S/C14H13N5O2/c1-14(2)20-9-4-3-8(5-10(9)21-14)19-13-11-12(16-6-15-11)17-7-18-13/h3-7H,1-2H3,(H2,15,16,17,18,19). The molecule has 0 saturated carbocycles. The van der Waals surface area contributed by atoms with E-state index >= 15 is 0 Å². The van der Waals surface area contributed by atoms with Crippen molar-refractivity contribution in [2.45, 2.75) is 19.6 Å². The van der Waals surface area contributed by atoms with Gasteiger partial charge in [-0.2, -0.15) is 0 Å². The number of hydrogen-bond donors (Lipinski definition) is 2. The Bertz CT molecular complexity index is 827. The SMILES string of the molecule is CC1(C)Oc2ccc(Nc3ncnc4nc[nH]c34)cc2O1. The second-order valence-electron chi connectivity index (χ2n) is 5.21. The Balaban J connectivity index is 1.68. The van der Waals surface area contributed by atoms with Gasteiger partial charge in [0.05, 0.1) is 6.33 Å². The average molecular weight is 283 g/mol. The Morgan fingerprint density at radius 3 is 2.86 bits per heavy atom. The number of benzene rings is 1. The van der Waals surface area contributed by atoms with Crippen molar-refractivity contribution in [3.05, 3.63) is 30.9 Å². The summed E-state index contributed by atoms with van der Waals surface area (Å²) < 4.78 is 11.4. The van der Waals surface area contributed by atoms with Gasteiger partial charge in [-0.05, 0) is 12.1 Å². The summed E-state index contributed by atoms with van der Waals surface area (Å²) in [5.41, 5.74) is 2.23. The molecule has 4 rings (SSSR count). The fraction of sp³-hybridized carbons (Fsp3) is 0.214. The van der Waals surface area contributed by atoms with Crippen LogP contribution in [0, 0.1) is 0 Å². The third-order valence-electron chi connectivity index (χ3n) is 3.14. The van der Waals surface area contributed by atoms with Crippen LogP contribution in [0.2, 0.25) is 0 Å². The van der Waals surface area contributed by atoms with Crippen molar-refractivity contribution in [1.29, 1.82) is 0 Å². The summed E-state index contributed by atoms with van der Waals surface area (Å²) >= 11 is 0. The van der Waals surface area contributed by atoms with Crippen molar-refractivity contribution < 1.29 is 9.47 Å². The molecule has 1 aromatic carbocycles. The minimum atomic E-state index is -0.632. The predicted molar refractivity (Wildman–Crippen MR) is 76.7 cm³/mol. The van der Waals surface area contributed by atoms with Crippen LogP contribution in [0.15, 0.2) is 30.9 Å². The summed E-state index contributed by atoms with van der Waals surface area (Å²) in [6.07, 6.45) is 3.06. The van der Waals surface area contributed by atoms with E-state index in [1.165, 1.54) is 6.33 Å². The Morgan fingerprint density at radius 2 is 1.95 bits per heavy atom. The van der Waals surface area contributed by atoms with Gasteiger partial charge < -0.3 is 19.8 Å². The summed E-state index contributed by atoms with van der Waals surface area (Å²) in [5.74, 6) is 1.47. The van der Waals surface area contributed by atoms with Crippen LogP contribution in [0.3, 0.4) is 0 Å². The second-order valence-corrected chi connectivity index (χ2v) is 5.21. The molecule has 0 fully saturated rings. The molecule has 0 amide bonds. The second kappa shape index (κ2) is 4.08. The van der Waals surface area contributed by atoms with E-state index < -0.39 is 5.79 Å². The van der Waals surface area contributed by atoms with Crippen LogP contribution < -0.4 is 14.8 Å². The van der Waals surface area contributed by atoms with Gasteiger partial charge in [-0.1, -0.05) is 0 Å². The largest absolute Gasteiger partial charge is 0.449 e. The summed E-state index contributed by atoms with van der Waals surface area (Å²) in [6, 6.07) is 5.67. The van der Waals surface area contributed by atoms with Crippen LogP contribution in [0.5, 0.6) is 11.5 Å². The average Bonchev–Trinajstić information content (AvgIpc) is 3.01. The Labute approximate surface area is 120 Å². The van der Waals surface area contributed by atoms with E-state index in [1.54, 1.807) is 6.33 Å². The predicted octanol–water partition coefficient (Wildman–Crippen LogP) is 2.60. The van der Waals surface area contributed by atoms with Crippen molar-refractivity contribution in [3.63, 3.8) is 0 Å². The van der Waals surface area contributed by atoms with Gasteiger partial charge in [0.2, 0.25) is 5.79 Å². The quantitative estimate of drug-likeness (QED) is 0.752. The van der Waals surface area contributed by atoms with Gasteiger partial charge in [-0.15, -0.1) is 0 Å². The monoisotopic (exact) mass is 283 g/mol. The molecule has 0 spiro atoms. The number of rotatable bonds is 2. The van der Waals surface area contributed by atoms with E-state index in [9.17, 15) is 0 Å². The smallest absolute Gasteiger partial charge is 0.246 e. The molecule has 0 saturated heterocycles. The number of ether oxygens (including phenoxy) is 2. The molecule has 3 aromatic rings. The lowest BCUT2D eigenvalue weighted by atomic mass is 10.2. The van der Waals surface area contributed by atoms with Gasteiger partial charge in [0.25, 0.3) is 0 Å². The van der Waals surface area contributed by atoms with E-state index in [4.69, 9.17) is 9.47 Å². The van der Waals surface area contributed by atoms with E-state index in [1.807, 2.05) is 32.0 Å². The van der Waals surface area contributed by atoms with Crippen LogP contribution in [-0.4, -0.2) is 25.7 Å². The van der Waals surface area contributed by atoms with Gasteiger partial charge in [0.1, 0.15) is 11.8 Å². The fourth-order valence-electron chi connectivity index (χ4n) is 2.30. The van der Waals surface area contributed by atoms with Crippen LogP contribution in [-0.2, 0) is 0 Å². The zero-order valence-corrected chi connectivity index (χ0v) is 11.5. The van der Waals surface area contributed by atoms with Crippen molar-refractivity contribution in [3.8, 4) is 11.5 Å². The maximum Gasteiger partial charge on any atom is 0.246 e. The molecule has 3 heterocycles. The fourth-order valence-corrected chi connectivity index (χ4v) is 2.30. The first-order valence-electron chi connectivity index (χ1n) is 6.54. The van der Waals surface area contributed by atoms with Crippen LogP contribution in [0.4, 0.5) is 11.5 Å². The molecular weight excluding hydrogens is 270 g/mol. The maximum absolute atomic E-state index is 5.73. The molecule has 0 radical (unpaired) electrons. The number of aromatic amines is 1. The Hall–Kier alpha value is -2.83. The number of anilines is 2. The van der Waals surface area contributed by atoms with Gasteiger partial charge >= 0.3 is 0 Å². The number of fused-ring (bicyclic) bond motifs is 2. The molecular formula is C14H13N5O2. The zero-order chi connectivity index (χ0) is 14.4. The summed E-state index contributed by atoms with van der Waals surface area (Å²) in [4.78, 5) is 15.4. The van der Waals surface area contributed by atoms with Gasteiger partial charge in [0.15, 0.2) is 23.0 Å². The highest BCUT2D eigenvalue weighted by Crippen LogP contribution is 2.41. The molecule has 0 bridgehead atoms. The summed E-state index contributed by atoms with van der Waals surface area (Å²) in [7, 11) is 0. The Kier molecular flexibility index (Phi) is 2.32. The molecule has 7 nitrogen and oxygen atoms in total. The lowest BCUT2D eigenvalue weighted by Crippen LogP contribution is -2.29. The lowest BCUT2D eigenvalue weighted by Gasteiger charge is -2.16. The first-order chi connectivity index (χ1) is 10.1. The molecule has 106 valence electrons. The number of nitrogens with one attached hydrogen (secondary N) is 2.